The van der Waals surface area contributed by atoms with E-state index >= 15 is 0 Å². The lowest BCUT2D eigenvalue weighted by Crippen LogP contribution is -2.30. The van der Waals surface area contributed by atoms with Gasteiger partial charge in [-0.25, -0.2) is 0 Å². The van der Waals surface area contributed by atoms with Crippen LogP contribution < -0.4 is 4.90 Å². The van der Waals surface area contributed by atoms with E-state index in [0.717, 1.165) is 25.1 Å². The van der Waals surface area contributed by atoms with Crippen molar-refractivity contribution in [3.63, 3.8) is 0 Å². The van der Waals surface area contributed by atoms with Gasteiger partial charge in [0.2, 0.25) is 17.5 Å². The van der Waals surface area contributed by atoms with Crippen LogP contribution in [-0.4, -0.2) is 11.5 Å². The van der Waals surface area contributed by atoms with E-state index in [2.05, 4.69) is 34.2 Å². The standard InChI is InChI=1S/C19H14ClN3O/c20-16-7-3-6-14(10-16)18-22-17(11-21)19(24-18)23-9-8-13-4-1-2-5-15(13)12-23/h1-7,10H,8-9,12H2. The molecule has 0 saturated heterocycles. The van der Waals surface area contributed by atoms with E-state index in [4.69, 9.17) is 16.0 Å². The van der Waals surface area contributed by atoms with Gasteiger partial charge in [-0.1, -0.05) is 41.9 Å². The van der Waals surface area contributed by atoms with Gasteiger partial charge in [-0.15, -0.1) is 0 Å². The first-order valence-corrected chi connectivity index (χ1v) is 8.11. The molecular formula is C19H14ClN3O. The maximum Gasteiger partial charge on any atom is 0.235 e. The van der Waals surface area contributed by atoms with Gasteiger partial charge in [-0.3, -0.25) is 0 Å². The second-order valence-corrected chi connectivity index (χ2v) is 6.17. The highest BCUT2D eigenvalue weighted by molar-refractivity contribution is 6.30. The summed E-state index contributed by atoms with van der Waals surface area (Å²) in [6.07, 6.45) is 0.925. The number of aromatic nitrogens is 1. The van der Waals surface area contributed by atoms with Gasteiger partial charge < -0.3 is 9.32 Å². The molecule has 1 aliphatic rings. The largest absolute Gasteiger partial charge is 0.419 e. The Morgan fingerprint density at radius 3 is 2.75 bits per heavy atom. The van der Waals surface area contributed by atoms with Gasteiger partial charge in [0.15, 0.2) is 0 Å². The maximum absolute atomic E-state index is 9.43. The predicted octanol–water partition coefficient (Wildman–Crippen LogP) is 4.43. The van der Waals surface area contributed by atoms with E-state index in [1.165, 1.54) is 11.1 Å². The Kier molecular flexibility index (Phi) is 3.72. The van der Waals surface area contributed by atoms with Crippen LogP contribution in [0.4, 0.5) is 5.88 Å². The quantitative estimate of drug-likeness (QED) is 0.695. The second-order valence-electron chi connectivity index (χ2n) is 5.74. The molecule has 0 N–H and O–H groups in total. The molecule has 0 atom stereocenters. The molecule has 3 aromatic rings. The fourth-order valence-electron chi connectivity index (χ4n) is 3.01. The Morgan fingerprint density at radius 1 is 1.12 bits per heavy atom. The van der Waals surface area contributed by atoms with Crippen LogP contribution in [-0.2, 0) is 13.0 Å². The second kappa shape index (κ2) is 6.03. The van der Waals surface area contributed by atoms with E-state index in [1.54, 1.807) is 12.1 Å². The Hall–Kier alpha value is -2.77. The number of rotatable bonds is 2. The first kappa shape index (κ1) is 14.8. The van der Waals surface area contributed by atoms with Crippen molar-refractivity contribution in [3.05, 3.63) is 70.4 Å². The maximum atomic E-state index is 9.43. The fraction of sp³-hybridized carbons (Fsp3) is 0.158. The highest BCUT2D eigenvalue weighted by Crippen LogP contribution is 2.32. The Bertz CT molecular complexity index is 942. The van der Waals surface area contributed by atoms with Crippen molar-refractivity contribution in [1.29, 1.82) is 5.26 Å². The van der Waals surface area contributed by atoms with Gasteiger partial charge in [0.25, 0.3) is 0 Å². The molecule has 0 amide bonds. The van der Waals surface area contributed by atoms with Crippen molar-refractivity contribution in [2.75, 3.05) is 11.4 Å². The van der Waals surface area contributed by atoms with Crippen molar-refractivity contribution in [3.8, 4) is 17.5 Å². The molecule has 2 aromatic carbocycles. The third-order valence-electron chi connectivity index (χ3n) is 4.20. The van der Waals surface area contributed by atoms with Crippen LogP contribution in [0.3, 0.4) is 0 Å². The van der Waals surface area contributed by atoms with E-state index in [9.17, 15) is 5.26 Å². The van der Waals surface area contributed by atoms with E-state index in [0.29, 0.717) is 22.5 Å². The van der Waals surface area contributed by atoms with Gasteiger partial charge >= 0.3 is 0 Å². The first-order valence-electron chi connectivity index (χ1n) is 7.73. The van der Waals surface area contributed by atoms with Crippen molar-refractivity contribution in [1.82, 2.24) is 4.98 Å². The lowest BCUT2D eigenvalue weighted by atomic mass is 10.00. The average molecular weight is 336 g/mol. The number of halogens is 1. The number of anilines is 1. The molecule has 1 aliphatic heterocycles. The lowest BCUT2D eigenvalue weighted by Gasteiger charge is -2.28. The molecule has 0 saturated carbocycles. The number of oxazole rings is 1. The summed E-state index contributed by atoms with van der Waals surface area (Å²) in [6, 6.07) is 17.8. The summed E-state index contributed by atoms with van der Waals surface area (Å²) >= 11 is 6.04. The molecule has 0 spiro atoms. The molecule has 0 fully saturated rings. The van der Waals surface area contributed by atoms with Crippen LogP contribution in [0.15, 0.2) is 52.9 Å². The molecule has 2 heterocycles. The Morgan fingerprint density at radius 2 is 1.96 bits per heavy atom. The molecular weight excluding hydrogens is 322 g/mol. The molecule has 0 radical (unpaired) electrons. The van der Waals surface area contributed by atoms with E-state index in [-0.39, 0.29) is 0 Å². The molecule has 0 bridgehead atoms. The highest BCUT2D eigenvalue weighted by Gasteiger charge is 2.24. The minimum absolute atomic E-state index is 0.310. The topological polar surface area (TPSA) is 53.1 Å². The van der Waals surface area contributed by atoms with Crippen LogP contribution in [0, 0.1) is 11.3 Å². The first-order chi connectivity index (χ1) is 11.7. The molecule has 118 valence electrons. The Balaban J connectivity index is 1.71. The van der Waals surface area contributed by atoms with Crippen LogP contribution >= 0.6 is 11.6 Å². The normalized spacial score (nSPS) is 13.4. The zero-order valence-corrected chi connectivity index (χ0v) is 13.6. The van der Waals surface area contributed by atoms with Crippen LogP contribution in [0.25, 0.3) is 11.5 Å². The number of nitrogens with zero attached hydrogens (tertiary/aromatic N) is 3. The molecule has 1 aromatic heterocycles. The van der Waals surface area contributed by atoms with Crippen LogP contribution in [0.2, 0.25) is 5.02 Å². The van der Waals surface area contributed by atoms with Crippen molar-refractivity contribution in [2.45, 2.75) is 13.0 Å². The number of fused-ring (bicyclic) bond motifs is 1. The minimum Gasteiger partial charge on any atom is -0.419 e. The number of hydrogen-bond acceptors (Lipinski definition) is 4. The van der Waals surface area contributed by atoms with E-state index < -0.39 is 0 Å². The summed E-state index contributed by atoms with van der Waals surface area (Å²) in [5.41, 5.74) is 3.68. The van der Waals surface area contributed by atoms with Gasteiger partial charge in [0, 0.05) is 23.7 Å². The number of hydrogen-bond donors (Lipinski definition) is 0. The lowest BCUT2D eigenvalue weighted by molar-refractivity contribution is 0.540. The summed E-state index contributed by atoms with van der Waals surface area (Å²) < 4.78 is 5.93. The molecule has 0 aliphatic carbocycles. The van der Waals surface area contributed by atoms with Gasteiger partial charge in [-0.05, 0) is 35.7 Å². The zero-order chi connectivity index (χ0) is 16.5. The molecule has 4 nitrogen and oxygen atoms in total. The van der Waals surface area contributed by atoms with Gasteiger partial charge in [0.05, 0.1) is 0 Å². The summed E-state index contributed by atoms with van der Waals surface area (Å²) in [5, 5.41) is 10.0. The Labute approximate surface area is 144 Å². The van der Waals surface area contributed by atoms with Crippen molar-refractivity contribution >= 4 is 17.5 Å². The predicted molar refractivity (Wildman–Crippen MR) is 92.9 cm³/mol. The molecule has 24 heavy (non-hydrogen) atoms. The number of nitriles is 1. The van der Waals surface area contributed by atoms with Gasteiger partial charge in [0.1, 0.15) is 6.07 Å². The van der Waals surface area contributed by atoms with Gasteiger partial charge in [-0.2, -0.15) is 10.2 Å². The molecule has 0 unspecified atom stereocenters. The SMILES string of the molecule is N#Cc1nc(-c2cccc(Cl)c2)oc1N1CCc2ccccc2C1. The highest BCUT2D eigenvalue weighted by atomic mass is 35.5. The van der Waals surface area contributed by atoms with Crippen molar-refractivity contribution in [2.24, 2.45) is 0 Å². The smallest absolute Gasteiger partial charge is 0.235 e. The summed E-state index contributed by atoms with van der Waals surface area (Å²) in [6.45, 7) is 1.52. The molecule has 5 heteroatoms. The zero-order valence-electron chi connectivity index (χ0n) is 12.9. The summed E-state index contributed by atoms with van der Waals surface area (Å²) in [5.74, 6) is 0.949. The van der Waals surface area contributed by atoms with Crippen LogP contribution in [0.1, 0.15) is 16.8 Å². The van der Waals surface area contributed by atoms with E-state index in [1.807, 2.05) is 18.2 Å². The third kappa shape index (κ3) is 2.64. The van der Waals surface area contributed by atoms with Crippen molar-refractivity contribution < 1.29 is 4.42 Å². The minimum atomic E-state index is 0.310. The summed E-state index contributed by atoms with van der Waals surface area (Å²) in [4.78, 5) is 6.41. The number of benzene rings is 2. The average Bonchev–Trinajstić information content (AvgIpc) is 3.06. The monoisotopic (exact) mass is 335 g/mol. The third-order valence-corrected chi connectivity index (χ3v) is 4.44. The fourth-order valence-corrected chi connectivity index (χ4v) is 3.20. The molecule has 4 rings (SSSR count). The summed E-state index contributed by atoms with van der Waals surface area (Å²) in [7, 11) is 0. The van der Waals surface area contributed by atoms with Crippen LogP contribution in [0.5, 0.6) is 0 Å².